The number of carbonyl (C=O) groups excluding carboxylic acids is 1. The molecule has 106 valence electrons. The average molecular weight is 245 g/mol. The van der Waals surface area contributed by atoms with Crippen LogP contribution in [0.1, 0.15) is 61.8 Å². The summed E-state index contributed by atoms with van der Waals surface area (Å²) in [5, 5.41) is 2.72. The van der Waals surface area contributed by atoms with Gasteiger partial charge in [0.1, 0.15) is 5.78 Å². The Morgan fingerprint density at radius 3 is 1.35 bits per heavy atom. The van der Waals surface area contributed by atoms with Crippen LogP contribution in [0.5, 0.6) is 0 Å². The molecule has 0 atom stereocenters. The zero-order chi connectivity index (χ0) is 15.3. The molecule has 0 aromatic carbocycles. The molecule has 0 unspecified atom stereocenters. The highest BCUT2D eigenvalue weighted by molar-refractivity contribution is 5.77. The molecule has 2 nitrogen and oxygen atoms in total. The number of nitrogens with one attached hydrogen (secondary N) is 1. The number of ketones is 1. The quantitative estimate of drug-likeness (QED) is 0.757. The second-order valence-electron chi connectivity index (χ2n) is 3.03. The molecule has 17 heavy (non-hydrogen) atoms. The second-order valence-corrected chi connectivity index (χ2v) is 3.03. The number of Topliss-reactive ketones (excluding diaryl/α,β-unsaturated/α-hetero) is 1. The lowest BCUT2D eigenvalue weighted by Gasteiger charge is -1.90. The lowest BCUT2D eigenvalue weighted by molar-refractivity contribution is -0.116. The van der Waals surface area contributed by atoms with Crippen molar-refractivity contribution in [3.05, 3.63) is 0 Å². The van der Waals surface area contributed by atoms with Crippen LogP contribution in [0.15, 0.2) is 0 Å². The third kappa shape index (κ3) is 151. The van der Waals surface area contributed by atoms with Crippen molar-refractivity contribution in [1.82, 2.24) is 5.32 Å². The zero-order valence-corrected chi connectivity index (χ0v) is 13.6. The SMILES string of the molecule is C#C.CC.CC.CCC(C)C.CNCC(C)=O. The summed E-state index contributed by atoms with van der Waals surface area (Å²) >= 11 is 0. The molecule has 0 aliphatic heterocycles. The molecule has 0 saturated carbocycles. The van der Waals surface area contributed by atoms with E-state index < -0.39 is 0 Å². The summed E-state index contributed by atoms with van der Waals surface area (Å²) < 4.78 is 0. The van der Waals surface area contributed by atoms with Gasteiger partial charge in [-0.1, -0.05) is 54.9 Å². The van der Waals surface area contributed by atoms with E-state index in [9.17, 15) is 4.79 Å². The maximum absolute atomic E-state index is 9.98. The number of hydrogen-bond donors (Lipinski definition) is 1. The summed E-state index contributed by atoms with van der Waals surface area (Å²) in [5.41, 5.74) is 0. The van der Waals surface area contributed by atoms with Crippen LogP contribution in [0.25, 0.3) is 0 Å². The van der Waals surface area contributed by atoms with Crippen LogP contribution in [0.4, 0.5) is 0 Å². The molecule has 0 spiro atoms. The van der Waals surface area contributed by atoms with Crippen LogP contribution in [-0.2, 0) is 4.79 Å². The summed E-state index contributed by atoms with van der Waals surface area (Å²) in [6.07, 6.45) is 9.31. The van der Waals surface area contributed by atoms with E-state index in [0.29, 0.717) is 6.54 Å². The first kappa shape index (κ1) is 29.8. The molecular weight excluding hydrogens is 210 g/mol. The number of likely N-dealkylation sites (N-methyl/N-ethyl adjacent to an activating group) is 1. The van der Waals surface area contributed by atoms with E-state index in [0.717, 1.165) is 5.92 Å². The monoisotopic (exact) mass is 245 g/mol. The molecule has 0 aliphatic carbocycles. The number of terminal acetylenes is 1. The first-order valence-corrected chi connectivity index (χ1v) is 6.51. The molecule has 0 heterocycles. The van der Waals surface area contributed by atoms with Gasteiger partial charge in [-0.05, 0) is 19.9 Å². The van der Waals surface area contributed by atoms with Gasteiger partial charge in [-0.25, -0.2) is 0 Å². The molecule has 0 rings (SSSR count). The Morgan fingerprint density at radius 2 is 1.35 bits per heavy atom. The topological polar surface area (TPSA) is 29.1 Å². The number of rotatable bonds is 3. The molecular formula is C15H35NO. The fraction of sp³-hybridized carbons (Fsp3) is 0.800. The fourth-order valence-electron chi connectivity index (χ4n) is 0.249. The van der Waals surface area contributed by atoms with Crippen molar-refractivity contribution in [2.24, 2.45) is 5.92 Å². The Morgan fingerprint density at radius 1 is 1.12 bits per heavy atom. The van der Waals surface area contributed by atoms with E-state index in [2.05, 4.69) is 38.9 Å². The molecule has 0 radical (unpaired) electrons. The minimum absolute atomic E-state index is 0.178. The van der Waals surface area contributed by atoms with Gasteiger partial charge in [0.2, 0.25) is 0 Å². The Labute approximate surface area is 111 Å². The third-order valence-electron chi connectivity index (χ3n) is 1.24. The molecule has 2 heteroatoms. The normalized spacial score (nSPS) is 6.59. The zero-order valence-electron chi connectivity index (χ0n) is 13.6. The van der Waals surface area contributed by atoms with E-state index >= 15 is 0 Å². The van der Waals surface area contributed by atoms with Gasteiger partial charge in [0.15, 0.2) is 0 Å². The Balaban J connectivity index is -0.0000000395. The molecule has 0 aliphatic rings. The van der Waals surface area contributed by atoms with E-state index in [4.69, 9.17) is 0 Å². The van der Waals surface area contributed by atoms with Gasteiger partial charge >= 0.3 is 0 Å². The average Bonchev–Trinajstić information content (AvgIpc) is 2.37. The lowest BCUT2D eigenvalue weighted by atomic mass is 10.2. The van der Waals surface area contributed by atoms with Crippen LogP contribution < -0.4 is 5.32 Å². The fourth-order valence-corrected chi connectivity index (χ4v) is 0.249. The van der Waals surface area contributed by atoms with Crippen molar-refractivity contribution in [2.45, 2.75) is 61.8 Å². The molecule has 0 aromatic rings. The minimum Gasteiger partial charge on any atom is -0.313 e. The van der Waals surface area contributed by atoms with Crippen molar-refractivity contribution >= 4 is 5.78 Å². The second kappa shape index (κ2) is 45.6. The summed E-state index contributed by atoms with van der Waals surface area (Å²) in [7, 11) is 1.75. The summed E-state index contributed by atoms with van der Waals surface area (Å²) in [6.45, 7) is 16.7. The van der Waals surface area contributed by atoms with Gasteiger partial charge in [0, 0.05) is 0 Å². The number of hydrogen-bond acceptors (Lipinski definition) is 2. The molecule has 0 saturated heterocycles. The van der Waals surface area contributed by atoms with Crippen molar-refractivity contribution in [1.29, 1.82) is 0 Å². The van der Waals surface area contributed by atoms with Crippen molar-refractivity contribution < 1.29 is 4.79 Å². The van der Waals surface area contributed by atoms with E-state index in [1.54, 1.807) is 14.0 Å². The predicted octanol–water partition coefficient (Wildman–Crippen LogP) is 4.15. The van der Waals surface area contributed by atoms with Crippen molar-refractivity contribution in [3.63, 3.8) is 0 Å². The maximum Gasteiger partial charge on any atom is 0.143 e. The highest BCUT2D eigenvalue weighted by Crippen LogP contribution is 1.93. The van der Waals surface area contributed by atoms with Gasteiger partial charge in [-0.15, -0.1) is 12.8 Å². The highest BCUT2D eigenvalue weighted by Gasteiger charge is 1.82. The van der Waals surface area contributed by atoms with Crippen LogP contribution in [-0.4, -0.2) is 19.4 Å². The highest BCUT2D eigenvalue weighted by atomic mass is 16.1. The molecule has 1 N–H and O–H groups in total. The van der Waals surface area contributed by atoms with E-state index in [1.165, 1.54) is 6.42 Å². The first-order valence-electron chi connectivity index (χ1n) is 6.51. The minimum atomic E-state index is 0.178. The van der Waals surface area contributed by atoms with Crippen molar-refractivity contribution in [3.8, 4) is 12.8 Å². The maximum atomic E-state index is 9.98. The van der Waals surface area contributed by atoms with Gasteiger partial charge in [-0.2, -0.15) is 0 Å². The molecule has 0 aromatic heterocycles. The van der Waals surface area contributed by atoms with Gasteiger partial charge in [-0.3, -0.25) is 4.79 Å². The summed E-state index contributed by atoms with van der Waals surface area (Å²) in [6, 6.07) is 0. The van der Waals surface area contributed by atoms with Gasteiger partial charge in [0.05, 0.1) is 6.54 Å². The number of carbonyl (C=O) groups is 1. The Kier molecular flexibility index (Phi) is 80.0. The van der Waals surface area contributed by atoms with Gasteiger partial charge < -0.3 is 5.32 Å². The van der Waals surface area contributed by atoms with E-state index in [-0.39, 0.29) is 5.78 Å². The predicted molar refractivity (Wildman–Crippen MR) is 82.3 cm³/mol. The van der Waals surface area contributed by atoms with Crippen LogP contribution >= 0.6 is 0 Å². The van der Waals surface area contributed by atoms with Gasteiger partial charge in [0.25, 0.3) is 0 Å². The molecule has 0 bridgehead atoms. The standard InChI is InChI=1S/C5H12.C4H9NO.2C2H6.C2H2/c1-4-5(2)3;1-4(6)3-5-2;3*1-2/h5H,4H2,1-3H3;5H,3H2,1-2H3;2*1-2H3;1-2H. The Hall–Kier alpha value is -0.810. The molecule has 0 fully saturated rings. The lowest BCUT2D eigenvalue weighted by Crippen LogP contribution is -2.14. The summed E-state index contributed by atoms with van der Waals surface area (Å²) in [4.78, 5) is 9.98. The molecule has 0 amide bonds. The smallest absolute Gasteiger partial charge is 0.143 e. The van der Waals surface area contributed by atoms with Crippen LogP contribution in [0, 0.1) is 18.8 Å². The largest absolute Gasteiger partial charge is 0.313 e. The Bertz CT molecular complexity index is 117. The first-order chi connectivity index (χ1) is 8.04. The van der Waals surface area contributed by atoms with E-state index in [1.807, 2.05) is 27.7 Å². The van der Waals surface area contributed by atoms with Crippen LogP contribution in [0.3, 0.4) is 0 Å². The third-order valence-corrected chi connectivity index (χ3v) is 1.24. The summed E-state index contributed by atoms with van der Waals surface area (Å²) in [5.74, 6) is 1.06. The van der Waals surface area contributed by atoms with Crippen molar-refractivity contribution in [2.75, 3.05) is 13.6 Å². The van der Waals surface area contributed by atoms with Crippen LogP contribution in [0.2, 0.25) is 0 Å².